The highest BCUT2D eigenvalue weighted by atomic mass is 32.1. The molecule has 0 saturated carbocycles. The molecule has 1 aromatic carbocycles. The number of nitrogen functional groups attached to an aromatic ring is 1. The van der Waals surface area contributed by atoms with Gasteiger partial charge in [-0.25, -0.2) is 4.79 Å². The number of methoxy groups -OCH3 is 3. The van der Waals surface area contributed by atoms with Crippen molar-refractivity contribution >= 4 is 28.2 Å². The van der Waals surface area contributed by atoms with E-state index in [2.05, 4.69) is 0 Å². The zero-order valence-corrected chi connectivity index (χ0v) is 19.5. The summed E-state index contributed by atoms with van der Waals surface area (Å²) in [7, 11) is 4.50. The van der Waals surface area contributed by atoms with E-state index < -0.39 is 5.60 Å². The first-order chi connectivity index (χ1) is 14.6. The van der Waals surface area contributed by atoms with E-state index in [0.717, 1.165) is 10.4 Å². The summed E-state index contributed by atoms with van der Waals surface area (Å²) in [6.07, 6.45) is 0.149. The minimum atomic E-state index is -0.570. The lowest BCUT2D eigenvalue weighted by molar-refractivity contribution is 0.0226. The van der Waals surface area contributed by atoms with Crippen molar-refractivity contribution in [2.75, 3.05) is 33.6 Å². The van der Waals surface area contributed by atoms with Gasteiger partial charge in [0.25, 0.3) is 0 Å². The quantitative estimate of drug-likeness (QED) is 0.693. The molecular formula is C22H28N2O6S. The van der Waals surface area contributed by atoms with E-state index in [-0.39, 0.29) is 11.9 Å². The van der Waals surface area contributed by atoms with Crippen LogP contribution >= 0.6 is 11.3 Å². The number of ketones is 1. The Balaban J connectivity index is 1.93. The van der Waals surface area contributed by atoms with Crippen LogP contribution < -0.4 is 19.9 Å². The van der Waals surface area contributed by atoms with E-state index in [1.165, 1.54) is 32.7 Å². The number of carbonyl (C=O) groups is 2. The van der Waals surface area contributed by atoms with Gasteiger partial charge in [-0.1, -0.05) is 0 Å². The predicted octanol–water partition coefficient (Wildman–Crippen LogP) is 3.88. The third-order valence-corrected chi connectivity index (χ3v) is 5.94. The number of nitrogens with zero attached hydrogens (tertiary/aromatic N) is 1. The summed E-state index contributed by atoms with van der Waals surface area (Å²) in [5.74, 6) is 0.975. The molecule has 0 spiro atoms. The molecule has 1 aliphatic rings. The Morgan fingerprint density at radius 3 is 2.19 bits per heavy atom. The second-order valence-electron chi connectivity index (χ2n) is 8.14. The van der Waals surface area contributed by atoms with Crippen LogP contribution in [0.4, 0.5) is 9.80 Å². The standard InChI is InChI=1S/C22H28N2O6S/c1-22(2,3)30-21(26)24-8-7-13-16(11-24)31-20(23)17(13)18(25)12-9-14(27-4)19(29-6)15(10-12)28-5/h9-10H,7-8,11,23H2,1-6H3. The minimum absolute atomic E-state index is 0.222. The lowest BCUT2D eigenvalue weighted by Gasteiger charge is -2.30. The fraction of sp³-hybridized carbons (Fsp3) is 0.455. The number of hydrogen-bond donors (Lipinski definition) is 1. The van der Waals surface area contributed by atoms with Crippen LogP contribution in [0.25, 0.3) is 0 Å². The van der Waals surface area contributed by atoms with Crippen LogP contribution in [0.1, 0.15) is 47.1 Å². The summed E-state index contributed by atoms with van der Waals surface area (Å²) in [4.78, 5) is 28.4. The van der Waals surface area contributed by atoms with Gasteiger partial charge in [0.05, 0.1) is 38.4 Å². The summed E-state index contributed by atoms with van der Waals surface area (Å²) < 4.78 is 21.5. The van der Waals surface area contributed by atoms with Crippen molar-refractivity contribution < 1.29 is 28.5 Å². The summed E-state index contributed by atoms with van der Waals surface area (Å²) in [6, 6.07) is 3.23. The number of rotatable bonds is 5. The average Bonchev–Trinajstić information content (AvgIpc) is 3.05. The number of ether oxygens (including phenoxy) is 4. The van der Waals surface area contributed by atoms with Crippen molar-refractivity contribution in [2.45, 2.75) is 39.3 Å². The van der Waals surface area contributed by atoms with Gasteiger partial charge in [-0.2, -0.15) is 0 Å². The molecule has 31 heavy (non-hydrogen) atoms. The van der Waals surface area contributed by atoms with E-state index in [4.69, 9.17) is 24.7 Å². The Hall–Kier alpha value is -2.94. The summed E-state index contributed by atoms with van der Waals surface area (Å²) in [5.41, 5.74) is 7.42. The summed E-state index contributed by atoms with van der Waals surface area (Å²) in [6.45, 7) is 6.31. The normalized spacial score (nSPS) is 13.4. The summed E-state index contributed by atoms with van der Waals surface area (Å²) >= 11 is 1.33. The van der Waals surface area contributed by atoms with Crippen LogP contribution in [-0.4, -0.2) is 50.3 Å². The Labute approximate surface area is 185 Å². The number of hydrogen-bond acceptors (Lipinski definition) is 8. The zero-order valence-electron chi connectivity index (χ0n) is 18.7. The van der Waals surface area contributed by atoms with Crippen molar-refractivity contribution in [1.29, 1.82) is 0 Å². The van der Waals surface area contributed by atoms with Crippen LogP contribution in [0.3, 0.4) is 0 Å². The van der Waals surface area contributed by atoms with E-state index >= 15 is 0 Å². The maximum Gasteiger partial charge on any atom is 0.410 e. The highest BCUT2D eigenvalue weighted by Crippen LogP contribution is 2.41. The Kier molecular flexibility index (Phi) is 6.35. The predicted molar refractivity (Wildman–Crippen MR) is 119 cm³/mol. The van der Waals surface area contributed by atoms with E-state index in [1.54, 1.807) is 17.0 Å². The van der Waals surface area contributed by atoms with Crippen LogP contribution in [0.15, 0.2) is 12.1 Å². The lowest BCUT2D eigenvalue weighted by atomic mass is 9.96. The van der Waals surface area contributed by atoms with Gasteiger partial charge < -0.3 is 29.6 Å². The minimum Gasteiger partial charge on any atom is -0.493 e. The van der Waals surface area contributed by atoms with Crippen molar-refractivity contribution in [3.8, 4) is 17.2 Å². The Bertz CT molecular complexity index is 983. The van der Waals surface area contributed by atoms with Crippen LogP contribution in [0.5, 0.6) is 17.2 Å². The van der Waals surface area contributed by atoms with Gasteiger partial charge in [-0.3, -0.25) is 4.79 Å². The summed E-state index contributed by atoms with van der Waals surface area (Å²) in [5, 5.41) is 0.426. The maximum absolute atomic E-state index is 13.4. The molecule has 0 unspecified atom stereocenters. The number of nitrogens with two attached hydrogens (primary N) is 1. The number of carbonyl (C=O) groups excluding carboxylic acids is 2. The fourth-order valence-corrected chi connectivity index (χ4v) is 4.64. The van der Waals surface area contributed by atoms with E-state index in [0.29, 0.717) is 52.9 Å². The largest absolute Gasteiger partial charge is 0.493 e. The second kappa shape index (κ2) is 8.66. The molecule has 2 heterocycles. The van der Waals surface area contributed by atoms with Gasteiger partial charge in [-0.15, -0.1) is 11.3 Å². The number of thiophene rings is 1. The van der Waals surface area contributed by atoms with Gasteiger partial charge in [0, 0.05) is 17.0 Å². The molecule has 0 saturated heterocycles. The van der Waals surface area contributed by atoms with Crippen LogP contribution in [-0.2, 0) is 17.7 Å². The molecule has 0 fully saturated rings. The van der Waals surface area contributed by atoms with Gasteiger partial charge in [0.2, 0.25) is 5.75 Å². The SMILES string of the molecule is COc1cc(C(=O)c2c(N)sc3c2CCN(C(=O)OC(C)(C)C)C3)cc(OC)c1OC. The first kappa shape index (κ1) is 22.7. The monoisotopic (exact) mass is 448 g/mol. The van der Waals surface area contributed by atoms with Crippen molar-refractivity contribution in [2.24, 2.45) is 0 Å². The molecule has 3 rings (SSSR count). The number of amides is 1. The zero-order chi connectivity index (χ0) is 22.9. The maximum atomic E-state index is 13.4. The lowest BCUT2D eigenvalue weighted by Crippen LogP contribution is -2.39. The van der Waals surface area contributed by atoms with Crippen molar-refractivity contribution in [1.82, 2.24) is 4.90 Å². The first-order valence-electron chi connectivity index (χ1n) is 9.82. The smallest absolute Gasteiger partial charge is 0.410 e. The molecule has 0 bridgehead atoms. The van der Waals surface area contributed by atoms with E-state index in [9.17, 15) is 9.59 Å². The molecule has 0 aliphatic carbocycles. The van der Waals surface area contributed by atoms with Crippen molar-refractivity contribution in [3.05, 3.63) is 33.7 Å². The average molecular weight is 449 g/mol. The molecule has 0 atom stereocenters. The second-order valence-corrected chi connectivity index (χ2v) is 9.27. The topological polar surface area (TPSA) is 100 Å². The van der Waals surface area contributed by atoms with Gasteiger partial charge in [0.1, 0.15) is 5.60 Å². The third-order valence-electron chi connectivity index (χ3n) is 4.89. The molecule has 9 heteroatoms. The third kappa shape index (κ3) is 4.56. The van der Waals surface area contributed by atoms with Gasteiger partial charge in [-0.05, 0) is 44.9 Å². The Morgan fingerprint density at radius 1 is 1.06 bits per heavy atom. The number of anilines is 1. The van der Waals surface area contributed by atoms with Crippen LogP contribution in [0, 0.1) is 0 Å². The van der Waals surface area contributed by atoms with E-state index in [1.807, 2.05) is 20.8 Å². The molecule has 1 amide bonds. The molecule has 0 radical (unpaired) electrons. The molecule has 1 aromatic heterocycles. The first-order valence-corrected chi connectivity index (χ1v) is 10.6. The highest BCUT2D eigenvalue weighted by molar-refractivity contribution is 7.16. The fourth-order valence-electron chi connectivity index (χ4n) is 3.51. The molecule has 2 aromatic rings. The molecule has 1 aliphatic heterocycles. The number of fused-ring (bicyclic) bond motifs is 1. The number of benzene rings is 1. The highest BCUT2D eigenvalue weighted by Gasteiger charge is 2.32. The van der Waals surface area contributed by atoms with Crippen molar-refractivity contribution in [3.63, 3.8) is 0 Å². The molecular weight excluding hydrogens is 420 g/mol. The Morgan fingerprint density at radius 2 is 1.68 bits per heavy atom. The molecule has 2 N–H and O–H groups in total. The van der Waals surface area contributed by atoms with Gasteiger partial charge in [0.15, 0.2) is 17.3 Å². The van der Waals surface area contributed by atoms with Gasteiger partial charge >= 0.3 is 6.09 Å². The molecule has 8 nitrogen and oxygen atoms in total. The molecule has 168 valence electrons. The van der Waals surface area contributed by atoms with Crippen LogP contribution in [0.2, 0.25) is 0 Å².